The standard InChI is InChI=1S/C28H26N6O.ClH/c29-25-22(6-2-15-31-25)26-33-24-12-11-23(19-5-1-4-18(16-19)17-35)32-27(24)34(26)21-9-7-20(8-10-21)28(30)13-3-14-28;/h1-2,4-12,15-16,35H,3,13-14,17,30H2,(H2,29,31);1H. The number of hydrogen-bond acceptors (Lipinski definition) is 6. The minimum Gasteiger partial charge on any atom is -0.392 e. The number of nitrogens with zero attached hydrogens (tertiary/aromatic N) is 4. The lowest BCUT2D eigenvalue weighted by atomic mass is 9.73. The molecule has 6 rings (SSSR count). The highest BCUT2D eigenvalue weighted by atomic mass is 35.5. The van der Waals surface area contributed by atoms with E-state index < -0.39 is 0 Å². The maximum absolute atomic E-state index is 9.57. The van der Waals surface area contributed by atoms with E-state index in [1.54, 1.807) is 6.20 Å². The maximum Gasteiger partial charge on any atom is 0.165 e. The number of anilines is 1. The number of nitrogen functional groups attached to an aromatic ring is 1. The highest BCUT2D eigenvalue weighted by Gasteiger charge is 2.34. The Morgan fingerprint density at radius 2 is 1.75 bits per heavy atom. The molecule has 2 aromatic carbocycles. The van der Waals surface area contributed by atoms with Crippen molar-refractivity contribution in [3.8, 4) is 28.3 Å². The first-order valence-corrected chi connectivity index (χ1v) is 11.8. The number of rotatable bonds is 5. The molecule has 5 N–H and O–H groups in total. The summed E-state index contributed by atoms with van der Waals surface area (Å²) in [4.78, 5) is 14.2. The van der Waals surface area contributed by atoms with Crippen molar-refractivity contribution < 1.29 is 5.11 Å². The van der Waals surface area contributed by atoms with Crippen molar-refractivity contribution in [3.63, 3.8) is 0 Å². The van der Waals surface area contributed by atoms with E-state index in [-0.39, 0.29) is 24.6 Å². The Hall–Kier alpha value is -3.78. The summed E-state index contributed by atoms with van der Waals surface area (Å²) >= 11 is 0. The highest BCUT2D eigenvalue weighted by molar-refractivity contribution is 5.85. The number of aliphatic hydroxyl groups excluding tert-OH is 1. The fraction of sp³-hybridized carbons (Fsp3) is 0.179. The second-order valence-corrected chi connectivity index (χ2v) is 9.16. The molecule has 0 bridgehead atoms. The van der Waals surface area contributed by atoms with Crippen molar-refractivity contribution in [2.45, 2.75) is 31.4 Å². The van der Waals surface area contributed by atoms with Crippen molar-refractivity contribution >= 4 is 29.4 Å². The lowest BCUT2D eigenvalue weighted by molar-refractivity contribution is 0.253. The van der Waals surface area contributed by atoms with Gasteiger partial charge in [0.1, 0.15) is 11.3 Å². The van der Waals surface area contributed by atoms with Crippen LogP contribution in [0.5, 0.6) is 0 Å². The molecule has 1 aliphatic rings. The summed E-state index contributed by atoms with van der Waals surface area (Å²) in [7, 11) is 0. The van der Waals surface area contributed by atoms with Gasteiger partial charge < -0.3 is 16.6 Å². The predicted octanol–water partition coefficient (Wildman–Crippen LogP) is 4.98. The van der Waals surface area contributed by atoms with Gasteiger partial charge in [0, 0.05) is 23.0 Å². The number of pyridine rings is 2. The molecule has 1 fully saturated rings. The van der Waals surface area contributed by atoms with Crippen LogP contribution in [0.3, 0.4) is 0 Å². The Morgan fingerprint density at radius 3 is 2.44 bits per heavy atom. The van der Waals surface area contributed by atoms with Gasteiger partial charge in [-0.3, -0.25) is 4.57 Å². The maximum atomic E-state index is 9.57. The minimum atomic E-state index is -0.227. The number of hydrogen-bond donors (Lipinski definition) is 3. The van der Waals surface area contributed by atoms with Gasteiger partial charge in [-0.2, -0.15) is 0 Å². The predicted molar refractivity (Wildman–Crippen MR) is 145 cm³/mol. The number of benzene rings is 2. The van der Waals surface area contributed by atoms with Crippen LogP contribution in [0.2, 0.25) is 0 Å². The van der Waals surface area contributed by atoms with Crippen molar-refractivity contribution in [2.75, 3.05) is 5.73 Å². The van der Waals surface area contributed by atoms with Crippen LogP contribution >= 0.6 is 12.4 Å². The summed E-state index contributed by atoms with van der Waals surface area (Å²) in [5.74, 6) is 1.09. The van der Waals surface area contributed by atoms with E-state index in [9.17, 15) is 5.11 Å². The number of fused-ring (bicyclic) bond motifs is 1. The summed E-state index contributed by atoms with van der Waals surface area (Å²) in [5, 5.41) is 9.57. The Balaban J connectivity index is 0.00000267. The van der Waals surface area contributed by atoms with Gasteiger partial charge in [0.25, 0.3) is 0 Å². The van der Waals surface area contributed by atoms with Crippen LogP contribution in [0.15, 0.2) is 79.0 Å². The second kappa shape index (κ2) is 9.35. The molecule has 0 atom stereocenters. The van der Waals surface area contributed by atoms with E-state index in [0.717, 1.165) is 52.0 Å². The van der Waals surface area contributed by atoms with Crippen LogP contribution in [-0.2, 0) is 12.1 Å². The minimum absolute atomic E-state index is 0. The van der Waals surface area contributed by atoms with Crippen molar-refractivity contribution in [1.82, 2.24) is 19.5 Å². The molecule has 182 valence electrons. The molecule has 3 heterocycles. The summed E-state index contributed by atoms with van der Waals surface area (Å²) in [6, 6.07) is 23.8. The second-order valence-electron chi connectivity index (χ2n) is 9.16. The number of nitrogens with two attached hydrogens (primary N) is 2. The van der Waals surface area contributed by atoms with E-state index in [2.05, 4.69) is 29.2 Å². The third kappa shape index (κ3) is 4.01. The third-order valence-electron chi connectivity index (χ3n) is 6.94. The average Bonchev–Trinajstić information content (AvgIpc) is 3.26. The van der Waals surface area contributed by atoms with Gasteiger partial charge in [-0.05, 0) is 72.9 Å². The summed E-state index contributed by atoms with van der Waals surface area (Å²) < 4.78 is 2.02. The lowest BCUT2D eigenvalue weighted by Gasteiger charge is -2.38. The summed E-state index contributed by atoms with van der Waals surface area (Å²) in [5.41, 5.74) is 19.4. The van der Waals surface area contributed by atoms with Crippen LogP contribution in [0.1, 0.15) is 30.4 Å². The van der Waals surface area contributed by atoms with Gasteiger partial charge in [0.05, 0.1) is 17.9 Å². The first-order chi connectivity index (χ1) is 17.1. The summed E-state index contributed by atoms with van der Waals surface area (Å²) in [6.07, 6.45) is 4.86. The van der Waals surface area contributed by atoms with E-state index in [1.807, 2.05) is 53.1 Å². The van der Waals surface area contributed by atoms with Crippen molar-refractivity contribution in [1.29, 1.82) is 0 Å². The molecule has 8 heteroatoms. The Kier molecular flexibility index (Phi) is 6.22. The zero-order valence-electron chi connectivity index (χ0n) is 19.6. The molecule has 5 aromatic rings. The lowest BCUT2D eigenvalue weighted by Crippen LogP contribution is -2.43. The van der Waals surface area contributed by atoms with E-state index in [4.69, 9.17) is 21.4 Å². The molecule has 0 radical (unpaired) electrons. The van der Waals surface area contributed by atoms with E-state index in [1.165, 1.54) is 6.42 Å². The van der Waals surface area contributed by atoms with E-state index >= 15 is 0 Å². The van der Waals surface area contributed by atoms with E-state index in [0.29, 0.717) is 17.3 Å². The third-order valence-corrected chi connectivity index (χ3v) is 6.94. The quantitative estimate of drug-likeness (QED) is 0.314. The van der Waals surface area contributed by atoms with Gasteiger partial charge in [-0.25, -0.2) is 15.0 Å². The van der Waals surface area contributed by atoms with Gasteiger partial charge in [-0.15, -0.1) is 12.4 Å². The number of aromatic nitrogens is 4. The molecule has 1 aliphatic carbocycles. The molecule has 3 aromatic heterocycles. The molecule has 7 nitrogen and oxygen atoms in total. The molecule has 0 amide bonds. The first-order valence-electron chi connectivity index (χ1n) is 11.8. The Labute approximate surface area is 215 Å². The number of halogens is 1. The van der Waals surface area contributed by atoms with Crippen LogP contribution in [0.4, 0.5) is 5.82 Å². The largest absolute Gasteiger partial charge is 0.392 e. The normalized spacial score (nSPS) is 14.3. The number of imidazole rings is 1. The molecule has 0 aliphatic heterocycles. The van der Waals surface area contributed by atoms with Crippen molar-refractivity contribution in [3.05, 3.63) is 90.1 Å². The van der Waals surface area contributed by atoms with Gasteiger partial charge >= 0.3 is 0 Å². The molecule has 36 heavy (non-hydrogen) atoms. The Bertz CT molecular complexity index is 1540. The molecular weight excluding hydrogens is 472 g/mol. The van der Waals surface area contributed by atoms with Gasteiger partial charge in [0.2, 0.25) is 0 Å². The Morgan fingerprint density at radius 1 is 0.944 bits per heavy atom. The van der Waals surface area contributed by atoms with Gasteiger partial charge in [-0.1, -0.05) is 30.3 Å². The smallest absolute Gasteiger partial charge is 0.165 e. The van der Waals surface area contributed by atoms with Crippen LogP contribution in [0, 0.1) is 0 Å². The monoisotopic (exact) mass is 498 g/mol. The SMILES string of the molecule is Cl.Nc1ncccc1-c1nc2ccc(-c3cccc(CO)c3)nc2n1-c1ccc(C2(N)CCC2)cc1. The van der Waals surface area contributed by atoms with Crippen LogP contribution in [-0.4, -0.2) is 24.6 Å². The van der Waals surface area contributed by atoms with Crippen LogP contribution < -0.4 is 11.5 Å². The molecule has 0 unspecified atom stereocenters. The highest BCUT2D eigenvalue weighted by Crippen LogP contribution is 2.39. The average molecular weight is 499 g/mol. The first kappa shape index (κ1) is 23.9. The zero-order valence-corrected chi connectivity index (χ0v) is 20.4. The number of aliphatic hydroxyl groups is 1. The molecular formula is C28H27ClN6O. The molecule has 0 saturated heterocycles. The summed E-state index contributed by atoms with van der Waals surface area (Å²) in [6.45, 7) is -0.0204. The molecule has 1 saturated carbocycles. The fourth-order valence-electron chi connectivity index (χ4n) is 4.77. The van der Waals surface area contributed by atoms with Gasteiger partial charge in [0.15, 0.2) is 11.5 Å². The zero-order chi connectivity index (χ0) is 24.0. The topological polar surface area (TPSA) is 116 Å². The fourth-order valence-corrected chi connectivity index (χ4v) is 4.77. The van der Waals surface area contributed by atoms with Crippen LogP contribution in [0.25, 0.3) is 39.5 Å². The van der Waals surface area contributed by atoms with Crippen molar-refractivity contribution in [2.24, 2.45) is 5.73 Å². The molecule has 0 spiro atoms.